The zero-order chi connectivity index (χ0) is 24.1. The van der Waals surface area contributed by atoms with Crippen LogP contribution in [-0.2, 0) is 10.9 Å². The highest BCUT2D eigenvalue weighted by Crippen LogP contribution is 2.36. The molecule has 0 unspecified atom stereocenters. The van der Waals surface area contributed by atoms with E-state index in [0.717, 1.165) is 16.8 Å². The number of ether oxygens (including phenoxy) is 1. The predicted octanol–water partition coefficient (Wildman–Crippen LogP) is 4.48. The molecule has 1 aliphatic heterocycles. The number of aromatic carboxylic acids is 1. The van der Waals surface area contributed by atoms with E-state index in [1.807, 2.05) is 0 Å². The van der Waals surface area contributed by atoms with Crippen molar-refractivity contribution in [3.63, 3.8) is 0 Å². The van der Waals surface area contributed by atoms with Crippen LogP contribution in [0.15, 0.2) is 35.3 Å². The third kappa shape index (κ3) is 4.02. The second kappa shape index (κ2) is 8.31. The van der Waals surface area contributed by atoms with Crippen LogP contribution in [0.4, 0.5) is 27.6 Å². The standard InChI is InChI=1S/C21H14ClF5N2O4/c22-13-7-10(21(25,26)27)1-2-15(13)29-9-12(20(31)32)19(30)11-8-14(23)18(16(24)17(11)29)28-3-5-33-6-4-28/h1-2,7-9H,3-6H2,(H,31,32). The maximum atomic E-state index is 15.7. The van der Waals surface area contributed by atoms with E-state index < -0.39 is 61.9 Å². The van der Waals surface area contributed by atoms with Gasteiger partial charge in [0.05, 0.1) is 40.4 Å². The molecule has 0 atom stereocenters. The number of alkyl halides is 3. The summed E-state index contributed by atoms with van der Waals surface area (Å²) in [5.41, 5.74) is -4.28. The molecule has 1 aliphatic rings. The summed E-state index contributed by atoms with van der Waals surface area (Å²) in [6.07, 6.45) is -3.95. The number of carbonyl (C=O) groups is 1. The van der Waals surface area contributed by atoms with Crippen LogP contribution in [0.25, 0.3) is 16.6 Å². The monoisotopic (exact) mass is 488 g/mol. The molecule has 33 heavy (non-hydrogen) atoms. The highest BCUT2D eigenvalue weighted by molar-refractivity contribution is 6.32. The van der Waals surface area contributed by atoms with Crippen molar-refractivity contribution in [3.05, 3.63) is 68.5 Å². The number of carboxylic acids is 1. The molecular formula is C21H14ClF5N2O4. The average Bonchev–Trinajstić information content (AvgIpc) is 2.74. The minimum atomic E-state index is -4.71. The molecule has 2 heterocycles. The zero-order valence-electron chi connectivity index (χ0n) is 16.5. The number of carboxylic acid groups (broad SMARTS) is 1. The highest BCUT2D eigenvalue weighted by atomic mass is 35.5. The Morgan fingerprint density at radius 1 is 1.12 bits per heavy atom. The molecule has 0 radical (unpaired) electrons. The summed E-state index contributed by atoms with van der Waals surface area (Å²) in [6, 6.07) is 2.89. The Bertz CT molecular complexity index is 1330. The van der Waals surface area contributed by atoms with E-state index in [9.17, 15) is 32.3 Å². The number of hydrogen-bond donors (Lipinski definition) is 1. The van der Waals surface area contributed by atoms with E-state index in [1.54, 1.807) is 0 Å². The van der Waals surface area contributed by atoms with Gasteiger partial charge in [0.25, 0.3) is 0 Å². The number of anilines is 1. The van der Waals surface area contributed by atoms with Crippen LogP contribution < -0.4 is 10.3 Å². The number of nitrogens with zero attached hydrogens (tertiary/aromatic N) is 2. The van der Waals surface area contributed by atoms with Gasteiger partial charge >= 0.3 is 12.1 Å². The van der Waals surface area contributed by atoms with E-state index in [0.29, 0.717) is 18.2 Å². The third-order valence-corrected chi connectivity index (χ3v) is 5.55. The van der Waals surface area contributed by atoms with Gasteiger partial charge in [0.1, 0.15) is 17.1 Å². The molecule has 2 aromatic carbocycles. The van der Waals surface area contributed by atoms with Gasteiger partial charge in [-0.1, -0.05) is 11.6 Å². The molecule has 0 amide bonds. The van der Waals surface area contributed by atoms with Crippen LogP contribution in [0.5, 0.6) is 0 Å². The topological polar surface area (TPSA) is 71.8 Å². The second-order valence-electron chi connectivity index (χ2n) is 7.23. The molecule has 1 aromatic heterocycles. The summed E-state index contributed by atoms with van der Waals surface area (Å²) in [6.45, 7) is 0.703. The molecule has 12 heteroatoms. The van der Waals surface area contributed by atoms with Gasteiger partial charge in [-0.25, -0.2) is 13.6 Å². The van der Waals surface area contributed by atoms with E-state index in [2.05, 4.69) is 0 Å². The minimum Gasteiger partial charge on any atom is -0.477 e. The molecule has 3 aromatic rings. The summed E-state index contributed by atoms with van der Waals surface area (Å²) in [4.78, 5) is 25.6. The molecule has 1 N–H and O–H groups in total. The third-order valence-electron chi connectivity index (χ3n) is 5.25. The largest absolute Gasteiger partial charge is 0.477 e. The number of pyridine rings is 1. The Hall–Kier alpha value is -3.18. The number of morpholine rings is 1. The van der Waals surface area contributed by atoms with Crippen molar-refractivity contribution in [2.45, 2.75) is 6.18 Å². The molecule has 1 fully saturated rings. The zero-order valence-corrected chi connectivity index (χ0v) is 17.3. The Morgan fingerprint density at radius 3 is 2.36 bits per heavy atom. The van der Waals surface area contributed by atoms with Crippen molar-refractivity contribution >= 4 is 34.2 Å². The first-order valence-corrected chi connectivity index (χ1v) is 9.89. The maximum absolute atomic E-state index is 15.7. The van der Waals surface area contributed by atoms with Gasteiger partial charge in [-0.05, 0) is 24.3 Å². The minimum absolute atomic E-state index is 0.151. The Labute approximate surface area is 187 Å². The first-order valence-electron chi connectivity index (χ1n) is 9.51. The summed E-state index contributed by atoms with van der Waals surface area (Å²) in [7, 11) is 0. The van der Waals surface area contributed by atoms with Crippen LogP contribution in [0.2, 0.25) is 5.02 Å². The summed E-state index contributed by atoms with van der Waals surface area (Å²) < 4.78 is 75.8. The molecule has 0 aliphatic carbocycles. The molecule has 0 spiro atoms. The molecule has 6 nitrogen and oxygen atoms in total. The summed E-state index contributed by atoms with van der Waals surface area (Å²) >= 11 is 6.04. The fourth-order valence-corrected chi connectivity index (χ4v) is 3.97. The predicted molar refractivity (Wildman–Crippen MR) is 109 cm³/mol. The number of halogens is 6. The highest BCUT2D eigenvalue weighted by Gasteiger charge is 2.32. The smallest absolute Gasteiger partial charge is 0.416 e. The molecule has 4 rings (SSSR count). The number of fused-ring (bicyclic) bond motifs is 1. The molecule has 0 bridgehead atoms. The van der Waals surface area contributed by atoms with Crippen LogP contribution in [-0.4, -0.2) is 41.9 Å². The van der Waals surface area contributed by atoms with Crippen molar-refractivity contribution in [2.75, 3.05) is 31.2 Å². The Morgan fingerprint density at radius 2 is 1.79 bits per heavy atom. The first-order chi connectivity index (χ1) is 15.5. The quantitative estimate of drug-likeness (QED) is 0.551. The van der Waals surface area contributed by atoms with Crippen molar-refractivity contribution in [3.8, 4) is 5.69 Å². The second-order valence-corrected chi connectivity index (χ2v) is 7.63. The van der Waals surface area contributed by atoms with Crippen molar-refractivity contribution in [1.82, 2.24) is 4.57 Å². The fourth-order valence-electron chi connectivity index (χ4n) is 3.70. The SMILES string of the molecule is O=C(O)c1cn(-c2ccc(C(F)(F)F)cc2Cl)c2c(F)c(N3CCOCC3)c(F)cc2c1=O. The van der Waals surface area contributed by atoms with E-state index in [4.69, 9.17) is 16.3 Å². The number of hydrogen-bond acceptors (Lipinski definition) is 4. The fraction of sp³-hybridized carbons (Fsp3) is 0.238. The van der Waals surface area contributed by atoms with Crippen molar-refractivity contribution in [2.24, 2.45) is 0 Å². The van der Waals surface area contributed by atoms with Crippen molar-refractivity contribution < 1.29 is 36.6 Å². The molecule has 1 saturated heterocycles. The number of rotatable bonds is 3. The van der Waals surface area contributed by atoms with Gasteiger partial charge in [0, 0.05) is 19.3 Å². The molecular weight excluding hydrogens is 475 g/mol. The van der Waals surface area contributed by atoms with Crippen LogP contribution in [0.3, 0.4) is 0 Å². The van der Waals surface area contributed by atoms with E-state index >= 15 is 4.39 Å². The lowest BCUT2D eigenvalue weighted by Gasteiger charge is -2.30. The van der Waals surface area contributed by atoms with Gasteiger partial charge < -0.3 is 19.3 Å². The number of benzene rings is 2. The Kier molecular flexibility index (Phi) is 5.79. The molecule has 0 saturated carbocycles. The normalized spacial score (nSPS) is 14.7. The lowest BCUT2D eigenvalue weighted by Crippen LogP contribution is -2.37. The summed E-state index contributed by atoms with van der Waals surface area (Å²) in [5.74, 6) is -3.96. The number of aromatic nitrogens is 1. The van der Waals surface area contributed by atoms with E-state index in [-0.39, 0.29) is 32.0 Å². The van der Waals surface area contributed by atoms with Gasteiger partial charge in [-0.2, -0.15) is 13.2 Å². The lowest BCUT2D eigenvalue weighted by atomic mass is 10.1. The summed E-state index contributed by atoms with van der Waals surface area (Å²) in [5, 5.41) is 8.33. The van der Waals surface area contributed by atoms with Gasteiger partial charge in [0.15, 0.2) is 5.82 Å². The first kappa shape index (κ1) is 23.0. The van der Waals surface area contributed by atoms with Gasteiger partial charge in [0.2, 0.25) is 5.43 Å². The van der Waals surface area contributed by atoms with Gasteiger partial charge in [-0.3, -0.25) is 4.79 Å². The van der Waals surface area contributed by atoms with Gasteiger partial charge in [-0.15, -0.1) is 0 Å². The molecule has 174 valence electrons. The maximum Gasteiger partial charge on any atom is 0.416 e. The lowest BCUT2D eigenvalue weighted by molar-refractivity contribution is -0.137. The van der Waals surface area contributed by atoms with E-state index in [1.165, 1.54) is 4.90 Å². The average molecular weight is 489 g/mol. The van der Waals surface area contributed by atoms with Crippen molar-refractivity contribution in [1.29, 1.82) is 0 Å². The van der Waals surface area contributed by atoms with Crippen LogP contribution in [0.1, 0.15) is 15.9 Å². The van der Waals surface area contributed by atoms with Crippen LogP contribution in [0, 0.1) is 11.6 Å². The van der Waals surface area contributed by atoms with Crippen LogP contribution >= 0.6 is 11.6 Å². The Balaban J connectivity index is 2.07.